The number of anilines is 1. The first kappa shape index (κ1) is 23.2. The third kappa shape index (κ3) is 4.65. The second-order valence-electron chi connectivity index (χ2n) is 8.36. The zero-order valence-electron chi connectivity index (χ0n) is 19.9. The molecule has 0 aromatic carbocycles. The Bertz CT molecular complexity index is 1330. The van der Waals surface area contributed by atoms with Crippen molar-refractivity contribution in [2.45, 2.75) is 32.3 Å². The molecule has 0 unspecified atom stereocenters. The zero-order valence-corrected chi connectivity index (χ0v) is 19.9. The Hall–Kier alpha value is -4.59. The Morgan fingerprint density at radius 1 is 1.33 bits per heavy atom. The third-order valence-corrected chi connectivity index (χ3v) is 5.98. The number of ether oxygens (including phenoxy) is 3. The quantitative estimate of drug-likeness (QED) is 0.597. The number of hydrogen-bond donors (Lipinski definition) is 0. The van der Waals surface area contributed by atoms with Crippen LogP contribution in [0.4, 0.5) is 5.69 Å². The van der Waals surface area contributed by atoms with Crippen LogP contribution in [0.5, 0.6) is 5.88 Å². The second kappa shape index (κ2) is 9.95. The smallest absolute Gasteiger partial charge is 0.311 e. The van der Waals surface area contributed by atoms with Crippen LogP contribution >= 0.6 is 0 Å². The van der Waals surface area contributed by atoms with Gasteiger partial charge in [0.1, 0.15) is 35.5 Å². The number of amides is 1. The molecule has 0 radical (unpaired) electrons. The number of aromatic nitrogens is 3. The number of nitriles is 1. The Morgan fingerprint density at radius 3 is 3.00 bits per heavy atom. The highest BCUT2D eigenvalue weighted by Crippen LogP contribution is 2.33. The molecule has 0 spiro atoms. The van der Waals surface area contributed by atoms with Crippen LogP contribution in [0, 0.1) is 18.3 Å². The maximum atomic E-state index is 12.6. The van der Waals surface area contributed by atoms with Gasteiger partial charge >= 0.3 is 11.8 Å². The van der Waals surface area contributed by atoms with Crippen LogP contribution in [0.2, 0.25) is 0 Å². The van der Waals surface area contributed by atoms with Gasteiger partial charge in [-0.2, -0.15) is 5.26 Å². The van der Waals surface area contributed by atoms with Gasteiger partial charge in [0, 0.05) is 31.7 Å². The van der Waals surface area contributed by atoms with Crippen molar-refractivity contribution in [1.29, 1.82) is 5.26 Å². The lowest BCUT2D eigenvalue weighted by molar-refractivity contribution is 0.0704. The molecule has 0 saturated carbocycles. The van der Waals surface area contributed by atoms with E-state index >= 15 is 0 Å². The molecule has 1 aliphatic carbocycles. The Kier molecular flexibility index (Phi) is 6.40. The van der Waals surface area contributed by atoms with Gasteiger partial charge in [-0.15, -0.1) is 10.2 Å². The van der Waals surface area contributed by atoms with Gasteiger partial charge in [-0.25, -0.2) is 4.98 Å². The monoisotopic (exact) mass is 488 g/mol. The van der Waals surface area contributed by atoms with Gasteiger partial charge in [-0.3, -0.25) is 4.79 Å². The normalized spacial score (nSPS) is 19.1. The van der Waals surface area contributed by atoms with Crippen molar-refractivity contribution in [1.82, 2.24) is 20.1 Å². The van der Waals surface area contributed by atoms with E-state index in [-0.39, 0.29) is 23.8 Å². The van der Waals surface area contributed by atoms with E-state index in [0.29, 0.717) is 48.2 Å². The number of allylic oxidation sites excluding steroid dienone is 3. The summed E-state index contributed by atoms with van der Waals surface area (Å²) >= 11 is 0. The number of nitrogens with zero attached hydrogens (tertiary/aromatic N) is 6. The van der Waals surface area contributed by atoms with E-state index in [1.807, 2.05) is 17.2 Å². The highest BCUT2D eigenvalue weighted by atomic mass is 16.5. The first-order chi connectivity index (χ1) is 17.6. The molecule has 4 heterocycles. The second-order valence-corrected chi connectivity index (χ2v) is 8.36. The predicted octanol–water partition coefficient (Wildman–Crippen LogP) is 3.34. The maximum absolute atomic E-state index is 12.6. The number of carbonyl (C=O) groups excluding carboxylic acids is 1. The lowest BCUT2D eigenvalue weighted by atomic mass is 10.0. The molecule has 1 atom stereocenters. The zero-order chi connectivity index (χ0) is 25.1. The van der Waals surface area contributed by atoms with Gasteiger partial charge in [-0.1, -0.05) is 6.08 Å². The number of carbonyl (C=O) groups is 1. The van der Waals surface area contributed by atoms with Crippen molar-refractivity contribution in [3.63, 3.8) is 0 Å². The molecule has 11 heteroatoms. The maximum Gasteiger partial charge on any atom is 0.311 e. The lowest BCUT2D eigenvalue weighted by Gasteiger charge is -2.26. The average molecular weight is 489 g/mol. The molecule has 3 aliphatic rings. The molecular formula is C25H24N6O5. The first-order valence-electron chi connectivity index (χ1n) is 11.5. The summed E-state index contributed by atoms with van der Waals surface area (Å²) in [5, 5.41) is 17.0. The van der Waals surface area contributed by atoms with E-state index < -0.39 is 0 Å². The van der Waals surface area contributed by atoms with E-state index in [2.05, 4.69) is 27.3 Å². The fourth-order valence-electron chi connectivity index (χ4n) is 4.21. The highest BCUT2D eigenvalue weighted by Gasteiger charge is 2.32. The number of aryl methyl sites for hydroxylation is 1. The fourth-order valence-corrected chi connectivity index (χ4v) is 4.21. The van der Waals surface area contributed by atoms with Gasteiger partial charge in [-0.05, 0) is 25.0 Å². The Labute approximate surface area is 207 Å². The minimum Gasteiger partial charge on any atom is -0.488 e. The molecule has 2 aromatic heterocycles. The molecule has 2 aliphatic heterocycles. The topological polar surface area (TPSA) is 127 Å². The van der Waals surface area contributed by atoms with E-state index in [1.165, 1.54) is 7.11 Å². The molecule has 11 nitrogen and oxygen atoms in total. The van der Waals surface area contributed by atoms with E-state index in [0.717, 1.165) is 18.4 Å². The van der Waals surface area contributed by atoms with Crippen LogP contribution in [-0.4, -0.2) is 52.3 Å². The van der Waals surface area contributed by atoms with Crippen molar-refractivity contribution in [3.05, 3.63) is 77.5 Å². The summed E-state index contributed by atoms with van der Waals surface area (Å²) in [6.45, 7) is 2.61. The molecule has 1 fully saturated rings. The van der Waals surface area contributed by atoms with Crippen LogP contribution in [0.15, 0.2) is 64.6 Å². The molecule has 184 valence electrons. The van der Waals surface area contributed by atoms with Crippen LogP contribution in [0.3, 0.4) is 0 Å². The van der Waals surface area contributed by atoms with Crippen molar-refractivity contribution < 1.29 is 23.4 Å². The number of rotatable bonds is 6. The van der Waals surface area contributed by atoms with Crippen molar-refractivity contribution >= 4 is 11.6 Å². The summed E-state index contributed by atoms with van der Waals surface area (Å²) in [5.41, 5.74) is 1.95. The van der Waals surface area contributed by atoms with Crippen LogP contribution in [-0.2, 0) is 9.47 Å². The molecule has 36 heavy (non-hydrogen) atoms. The van der Waals surface area contributed by atoms with Gasteiger partial charge < -0.3 is 28.4 Å². The first-order valence-corrected chi connectivity index (χ1v) is 11.5. The summed E-state index contributed by atoms with van der Waals surface area (Å²) in [6.07, 6.45) is 12.9. The molecule has 1 amide bonds. The van der Waals surface area contributed by atoms with Gasteiger partial charge in [0.2, 0.25) is 11.8 Å². The molecule has 0 bridgehead atoms. The summed E-state index contributed by atoms with van der Waals surface area (Å²) in [5.74, 6) is 1.67. The fraction of sp³-hybridized carbons (Fsp3) is 0.320. The summed E-state index contributed by atoms with van der Waals surface area (Å²) in [6, 6.07) is 3.81. The van der Waals surface area contributed by atoms with Crippen molar-refractivity contribution in [2.75, 3.05) is 25.1 Å². The highest BCUT2D eigenvalue weighted by molar-refractivity contribution is 5.89. The van der Waals surface area contributed by atoms with Crippen molar-refractivity contribution in [2.24, 2.45) is 0 Å². The van der Waals surface area contributed by atoms with Crippen LogP contribution in [0.25, 0.3) is 0 Å². The van der Waals surface area contributed by atoms with Crippen LogP contribution in [0.1, 0.15) is 41.4 Å². The number of methoxy groups -OCH3 is 1. The van der Waals surface area contributed by atoms with E-state index in [9.17, 15) is 10.1 Å². The summed E-state index contributed by atoms with van der Waals surface area (Å²) in [7, 11) is 1.48. The average Bonchev–Trinajstić information content (AvgIpc) is 3.57. The molecule has 5 rings (SSSR count). The largest absolute Gasteiger partial charge is 0.488 e. The Morgan fingerprint density at radius 2 is 2.22 bits per heavy atom. The van der Waals surface area contributed by atoms with Crippen LogP contribution < -0.4 is 9.64 Å². The summed E-state index contributed by atoms with van der Waals surface area (Å²) < 4.78 is 22.6. The van der Waals surface area contributed by atoms with Crippen molar-refractivity contribution in [3.8, 4) is 11.9 Å². The molecule has 2 aromatic rings. The molecular weight excluding hydrogens is 464 g/mol. The number of hydrogen-bond acceptors (Lipinski definition) is 10. The predicted molar refractivity (Wildman–Crippen MR) is 126 cm³/mol. The third-order valence-electron chi connectivity index (χ3n) is 5.98. The SMILES string of the molecule is COc1ncc(N2C=COC(C3=C(O[C@H]4CCN(C(=O)c5nnc(C)o5)C4)C=CCC3)=C2)cc1C#N. The van der Waals surface area contributed by atoms with Gasteiger partial charge in [0.05, 0.1) is 31.7 Å². The van der Waals surface area contributed by atoms with Gasteiger partial charge in [0.25, 0.3) is 0 Å². The minimum atomic E-state index is -0.293. The molecule has 1 saturated heterocycles. The number of likely N-dealkylation sites (tertiary alicyclic amines) is 1. The van der Waals surface area contributed by atoms with E-state index in [1.54, 1.807) is 36.5 Å². The van der Waals surface area contributed by atoms with Gasteiger partial charge in [0.15, 0.2) is 0 Å². The number of pyridine rings is 1. The lowest BCUT2D eigenvalue weighted by Crippen LogP contribution is -2.30. The Balaban J connectivity index is 1.33. The van der Waals surface area contributed by atoms with E-state index in [4.69, 9.17) is 18.6 Å². The standard InChI is InChI=1S/C25H24N6O5/c1-16-28-29-24(35-16)25(32)31-8-7-19(14-31)36-21-6-4-3-5-20(21)22-15-30(9-10-34-22)18-11-17(12-26)23(33-2)27-13-18/h4,6,9-11,13,15,19H,3,5,7-8,14H2,1-2H3/t19-/m0/s1. The summed E-state index contributed by atoms with van der Waals surface area (Å²) in [4.78, 5) is 20.4. The molecule has 0 N–H and O–H groups in total. The minimum absolute atomic E-state index is 0.00849.